The van der Waals surface area contributed by atoms with Crippen LogP contribution >= 0.6 is 0 Å². The van der Waals surface area contributed by atoms with E-state index in [1.165, 1.54) is 4.90 Å². The second kappa shape index (κ2) is 5.93. The zero-order chi connectivity index (χ0) is 17.6. The molecule has 1 aliphatic carbocycles. The number of carbonyl (C=O) groups excluding carboxylic acids is 2. The van der Waals surface area contributed by atoms with E-state index in [1.807, 2.05) is 0 Å². The third-order valence-electron chi connectivity index (χ3n) is 5.21. The number of rotatable bonds is 2. The Bertz CT molecular complexity index is 556. The van der Waals surface area contributed by atoms with E-state index in [0.29, 0.717) is 24.7 Å². The number of aliphatic carboxylic acids is 1. The number of carboxylic acids is 1. The lowest BCUT2D eigenvalue weighted by atomic mass is 9.99. The molecule has 7 heteroatoms. The molecule has 2 aliphatic heterocycles. The lowest BCUT2D eigenvalue weighted by molar-refractivity contribution is -0.151. The molecule has 1 unspecified atom stereocenters. The summed E-state index contributed by atoms with van der Waals surface area (Å²) < 4.78 is 5.26. The molecular weight excluding hydrogens is 312 g/mol. The van der Waals surface area contributed by atoms with Crippen molar-refractivity contribution >= 4 is 18.0 Å². The van der Waals surface area contributed by atoms with Gasteiger partial charge in [-0.25, -0.2) is 9.59 Å². The van der Waals surface area contributed by atoms with Crippen LogP contribution in [0.25, 0.3) is 0 Å². The fourth-order valence-electron chi connectivity index (χ4n) is 4.08. The quantitative estimate of drug-likeness (QED) is 0.800. The molecule has 0 spiro atoms. The van der Waals surface area contributed by atoms with Gasteiger partial charge in [-0.05, 0) is 64.7 Å². The molecule has 24 heavy (non-hydrogen) atoms. The topological polar surface area (TPSA) is 95.9 Å². The molecule has 0 aromatic carbocycles. The lowest BCUT2D eigenvalue weighted by Crippen LogP contribution is -2.55. The van der Waals surface area contributed by atoms with Crippen LogP contribution in [0.4, 0.5) is 4.79 Å². The van der Waals surface area contributed by atoms with Gasteiger partial charge >= 0.3 is 12.1 Å². The maximum atomic E-state index is 13.0. The molecule has 0 aromatic rings. The Morgan fingerprint density at radius 1 is 1.17 bits per heavy atom. The third-order valence-corrected chi connectivity index (χ3v) is 5.21. The monoisotopic (exact) mass is 338 g/mol. The van der Waals surface area contributed by atoms with Gasteiger partial charge in [0.05, 0.1) is 0 Å². The Morgan fingerprint density at radius 3 is 2.46 bits per heavy atom. The predicted octanol–water partition coefficient (Wildman–Crippen LogP) is 1.75. The van der Waals surface area contributed by atoms with E-state index < -0.39 is 29.7 Å². The first kappa shape index (κ1) is 17.0. The average molecular weight is 338 g/mol. The second-order valence-electron chi connectivity index (χ2n) is 8.26. The molecule has 2 N–H and O–H groups in total. The van der Waals surface area contributed by atoms with Gasteiger partial charge in [0.2, 0.25) is 5.91 Å². The molecule has 2 saturated heterocycles. The minimum atomic E-state index is -0.963. The number of nitrogens with one attached hydrogen (secondary N) is 1. The summed E-state index contributed by atoms with van der Waals surface area (Å²) in [5.74, 6) is -0.253. The third kappa shape index (κ3) is 3.49. The zero-order valence-electron chi connectivity index (χ0n) is 14.4. The maximum Gasteiger partial charge on any atom is 0.408 e. The summed E-state index contributed by atoms with van der Waals surface area (Å²) in [4.78, 5) is 38.0. The molecule has 0 aromatic heterocycles. The summed E-state index contributed by atoms with van der Waals surface area (Å²) in [5.41, 5.74) is -0.642. The lowest BCUT2D eigenvalue weighted by Gasteiger charge is -2.34. The van der Waals surface area contributed by atoms with Crippen LogP contribution in [0, 0.1) is 11.8 Å². The first-order chi connectivity index (χ1) is 11.2. The van der Waals surface area contributed by atoms with Gasteiger partial charge < -0.3 is 20.1 Å². The van der Waals surface area contributed by atoms with Crippen molar-refractivity contribution in [3.05, 3.63) is 0 Å². The van der Waals surface area contributed by atoms with Crippen molar-refractivity contribution in [2.75, 3.05) is 0 Å². The van der Waals surface area contributed by atoms with Gasteiger partial charge in [-0.3, -0.25) is 4.79 Å². The number of hydrogen-bond donors (Lipinski definition) is 2. The zero-order valence-corrected chi connectivity index (χ0v) is 14.4. The van der Waals surface area contributed by atoms with Gasteiger partial charge in [-0.15, -0.1) is 0 Å². The first-order valence-electron chi connectivity index (χ1n) is 8.70. The highest BCUT2D eigenvalue weighted by Gasteiger charge is 2.51. The standard InChI is InChI=1S/C17H26N2O5/c1-17(2,3)24-16(23)18-12-8-10-6-9(10)7-11-4-5-13(15(21)22)19(11)14(12)20/h9-13H,4-8H2,1-3H3,(H,18,23)(H,21,22)/t9-,10?,11+,12-,13-/m0/s1. The van der Waals surface area contributed by atoms with Crippen molar-refractivity contribution in [2.45, 2.75) is 76.6 Å². The van der Waals surface area contributed by atoms with Crippen LogP contribution in [0.15, 0.2) is 0 Å². The van der Waals surface area contributed by atoms with Crippen molar-refractivity contribution in [2.24, 2.45) is 11.8 Å². The van der Waals surface area contributed by atoms with Gasteiger partial charge in [0.25, 0.3) is 0 Å². The molecule has 5 atom stereocenters. The van der Waals surface area contributed by atoms with Crippen molar-refractivity contribution < 1.29 is 24.2 Å². The maximum absolute atomic E-state index is 13.0. The Morgan fingerprint density at radius 2 is 1.83 bits per heavy atom. The number of carbonyl (C=O) groups is 3. The minimum Gasteiger partial charge on any atom is -0.480 e. The van der Waals surface area contributed by atoms with E-state index in [9.17, 15) is 19.5 Å². The molecule has 3 rings (SSSR count). The van der Waals surface area contributed by atoms with Crippen LogP contribution in [0.5, 0.6) is 0 Å². The minimum absolute atomic E-state index is 0.0168. The van der Waals surface area contributed by atoms with Gasteiger partial charge in [-0.2, -0.15) is 0 Å². The fourth-order valence-corrected chi connectivity index (χ4v) is 4.08. The van der Waals surface area contributed by atoms with Gasteiger partial charge in [0.1, 0.15) is 17.7 Å². The molecule has 1 saturated carbocycles. The Hall–Kier alpha value is -1.79. The summed E-state index contributed by atoms with van der Waals surface area (Å²) in [7, 11) is 0. The fraction of sp³-hybridized carbons (Fsp3) is 0.824. The van der Waals surface area contributed by atoms with Crippen molar-refractivity contribution in [1.82, 2.24) is 10.2 Å². The van der Waals surface area contributed by atoms with E-state index in [0.717, 1.165) is 19.3 Å². The van der Waals surface area contributed by atoms with Crippen molar-refractivity contribution in [1.29, 1.82) is 0 Å². The number of fused-ring (bicyclic) bond motifs is 2. The van der Waals surface area contributed by atoms with E-state index in [4.69, 9.17) is 4.74 Å². The smallest absolute Gasteiger partial charge is 0.408 e. The number of hydrogen-bond acceptors (Lipinski definition) is 4. The molecule has 0 bridgehead atoms. The van der Waals surface area contributed by atoms with Crippen molar-refractivity contribution in [3.8, 4) is 0 Å². The molecule has 3 fully saturated rings. The summed E-state index contributed by atoms with van der Waals surface area (Å²) in [6.45, 7) is 5.29. The summed E-state index contributed by atoms with van der Waals surface area (Å²) in [5, 5.41) is 12.1. The summed E-state index contributed by atoms with van der Waals surface area (Å²) in [6.07, 6.45) is 3.11. The van der Waals surface area contributed by atoms with E-state index >= 15 is 0 Å². The normalized spacial score (nSPS) is 35.4. The molecule has 134 valence electrons. The van der Waals surface area contributed by atoms with Crippen LogP contribution in [-0.2, 0) is 14.3 Å². The number of amides is 2. The van der Waals surface area contributed by atoms with E-state index in [1.54, 1.807) is 20.8 Å². The van der Waals surface area contributed by atoms with Crippen LogP contribution in [0.1, 0.15) is 52.9 Å². The second-order valence-corrected chi connectivity index (χ2v) is 8.26. The highest BCUT2D eigenvalue weighted by molar-refractivity contribution is 5.90. The average Bonchev–Trinajstić information content (AvgIpc) is 2.99. The Labute approximate surface area is 141 Å². The highest BCUT2D eigenvalue weighted by Crippen LogP contribution is 2.49. The predicted molar refractivity (Wildman–Crippen MR) is 85.3 cm³/mol. The highest BCUT2D eigenvalue weighted by atomic mass is 16.6. The summed E-state index contributed by atoms with van der Waals surface area (Å²) >= 11 is 0. The Balaban J connectivity index is 1.76. The van der Waals surface area contributed by atoms with Gasteiger partial charge in [-0.1, -0.05) is 0 Å². The van der Waals surface area contributed by atoms with Gasteiger partial charge in [0, 0.05) is 6.04 Å². The van der Waals surface area contributed by atoms with E-state index in [-0.39, 0.29) is 11.9 Å². The molecular formula is C17H26N2O5. The number of ether oxygens (including phenoxy) is 1. The molecule has 7 nitrogen and oxygen atoms in total. The van der Waals surface area contributed by atoms with Crippen LogP contribution in [0.3, 0.4) is 0 Å². The van der Waals surface area contributed by atoms with Gasteiger partial charge in [0.15, 0.2) is 0 Å². The van der Waals surface area contributed by atoms with Crippen LogP contribution in [0.2, 0.25) is 0 Å². The SMILES string of the molecule is CC(C)(C)OC(=O)N[C@H]1CC2C[C@H]2C[C@H]2CC[C@@H](C(=O)O)N2C1=O. The van der Waals surface area contributed by atoms with Crippen LogP contribution in [-0.4, -0.2) is 51.7 Å². The van der Waals surface area contributed by atoms with E-state index in [2.05, 4.69) is 5.32 Å². The van der Waals surface area contributed by atoms with Crippen molar-refractivity contribution in [3.63, 3.8) is 0 Å². The summed E-state index contributed by atoms with van der Waals surface area (Å²) in [6, 6.07) is -1.49. The van der Waals surface area contributed by atoms with Crippen LogP contribution < -0.4 is 5.32 Å². The number of alkyl carbamates (subject to hydrolysis) is 1. The largest absolute Gasteiger partial charge is 0.480 e. The first-order valence-corrected chi connectivity index (χ1v) is 8.70. The molecule has 2 amide bonds. The molecule has 0 radical (unpaired) electrons. The molecule has 2 heterocycles. The Kier molecular flexibility index (Phi) is 4.21. The molecule has 3 aliphatic rings. The number of carboxylic acid groups (broad SMARTS) is 1. The number of nitrogens with zero attached hydrogens (tertiary/aromatic N) is 1.